The number of ether oxygens (including phenoxy) is 1. The molecule has 26 heavy (non-hydrogen) atoms. The first kappa shape index (κ1) is 18.1. The van der Waals surface area contributed by atoms with Gasteiger partial charge in [-0.3, -0.25) is 4.79 Å². The molecule has 1 aliphatic rings. The number of hydrogen-bond donors (Lipinski definition) is 1. The first-order chi connectivity index (χ1) is 12.3. The van der Waals surface area contributed by atoms with E-state index in [4.69, 9.17) is 4.74 Å². The fourth-order valence-electron chi connectivity index (χ4n) is 2.89. The van der Waals surface area contributed by atoms with E-state index in [9.17, 15) is 4.79 Å². The normalized spacial score (nSPS) is 14.1. The third-order valence-corrected chi connectivity index (χ3v) is 4.53. The van der Waals surface area contributed by atoms with Crippen LogP contribution in [0.4, 0.5) is 11.4 Å². The zero-order valence-corrected chi connectivity index (χ0v) is 15.9. The number of hydrogen-bond acceptors (Lipinski definition) is 3. The molecule has 2 aromatic rings. The van der Waals surface area contributed by atoms with Gasteiger partial charge < -0.3 is 15.0 Å². The Bertz CT molecular complexity index is 817. The van der Waals surface area contributed by atoms with Crippen molar-refractivity contribution in [2.24, 2.45) is 0 Å². The summed E-state index contributed by atoms with van der Waals surface area (Å²) < 4.78 is 5.67. The lowest BCUT2D eigenvalue weighted by atomic mass is 9.87. The van der Waals surface area contributed by atoms with E-state index >= 15 is 0 Å². The zero-order chi connectivity index (χ0) is 18.7. The van der Waals surface area contributed by atoms with Gasteiger partial charge >= 0.3 is 0 Å². The molecule has 0 aliphatic carbocycles. The van der Waals surface area contributed by atoms with Crippen LogP contribution < -0.4 is 15.0 Å². The molecule has 0 aromatic heterocycles. The van der Waals surface area contributed by atoms with Gasteiger partial charge in [-0.1, -0.05) is 45.0 Å². The van der Waals surface area contributed by atoms with Gasteiger partial charge in [0.05, 0.1) is 12.2 Å². The summed E-state index contributed by atoms with van der Waals surface area (Å²) in [5.74, 6) is 0.646. The van der Waals surface area contributed by atoms with E-state index in [0.717, 1.165) is 29.2 Å². The van der Waals surface area contributed by atoms with E-state index < -0.39 is 0 Å². The van der Waals surface area contributed by atoms with Crippen LogP contribution in [0.5, 0.6) is 5.75 Å². The highest BCUT2D eigenvalue weighted by Crippen LogP contribution is 2.33. The van der Waals surface area contributed by atoms with Gasteiger partial charge in [-0.2, -0.15) is 0 Å². The third-order valence-electron chi connectivity index (χ3n) is 4.53. The molecule has 2 aromatic carbocycles. The van der Waals surface area contributed by atoms with Crippen molar-refractivity contribution in [3.05, 3.63) is 59.7 Å². The van der Waals surface area contributed by atoms with Crippen LogP contribution in [-0.2, 0) is 10.2 Å². The Kier molecular flexibility index (Phi) is 5.03. The molecule has 1 heterocycles. The van der Waals surface area contributed by atoms with Crippen molar-refractivity contribution < 1.29 is 9.53 Å². The predicted molar refractivity (Wildman–Crippen MR) is 108 cm³/mol. The van der Waals surface area contributed by atoms with Crippen LogP contribution in [0.3, 0.4) is 0 Å². The molecule has 0 unspecified atom stereocenters. The summed E-state index contributed by atoms with van der Waals surface area (Å²) >= 11 is 0. The van der Waals surface area contributed by atoms with Gasteiger partial charge in [-0.05, 0) is 34.8 Å². The van der Waals surface area contributed by atoms with Crippen molar-refractivity contribution in [2.45, 2.75) is 26.2 Å². The summed E-state index contributed by atoms with van der Waals surface area (Å²) in [7, 11) is 2.03. The van der Waals surface area contributed by atoms with Crippen LogP contribution in [0.2, 0.25) is 0 Å². The number of fused-ring (bicyclic) bond motifs is 1. The Morgan fingerprint density at radius 3 is 2.58 bits per heavy atom. The maximum absolute atomic E-state index is 12.2. The summed E-state index contributed by atoms with van der Waals surface area (Å²) in [5, 5.41) is 2.89. The number of carbonyl (C=O) groups is 1. The topological polar surface area (TPSA) is 41.6 Å². The SMILES string of the molecule is CN1CCOc2cc(NC(=O)C=Cc3ccc(C(C)(C)C)cc3)ccc21. The van der Waals surface area contributed by atoms with Gasteiger partial charge in [-0.25, -0.2) is 0 Å². The van der Waals surface area contributed by atoms with Crippen LogP contribution in [0.1, 0.15) is 31.9 Å². The summed E-state index contributed by atoms with van der Waals surface area (Å²) in [5.41, 5.74) is 4.18. The molecular weight excluding hydrogens is 324 g/mol. The molecule has 0 saturated carbocycles. The average molecular weight is 350 g/mol. The minimum absolute atomic E-state index is 0.127. The largest absolute Gasteiger partial charge is 0.489 e. The molecule has 0 saturated heterocycles. The molecule has 0 radical (unpaired) electrons. The molecule has 136 valence electrons. The second kappa shape index (κ2) is 7.24. The first-order valence-electron chi connectivity index (χ1n) is 8.90. The average Bonchev–Trinajstić information content (AvgIpc) is 2.60. The molecule has 1 amide bonds. The van der Waals surface area contributed by atoms with E-state index in [-0.39, 0.29) is 11.3 Å². The molecule has 0 fully saturated rings. The van der Waals surface area contributed by atoms with Crippen molar-refractivity contribution in [1.82, 2.24) is 0 Å². The van der Waals surface area contributed by atoms with Gasteiger partial charge in [0.2, 0.25) is 5.91 Å². The Morgan fingerprint density at radius 1 is 1.15 bits per heavy atom. The second-order valence-electron chi connectivity index (χ2n) is 7.65. The standard InChI is InChI=1S/C22H26N2O2/c1-22(2,3)17-8-5-16(6-9-17)7-12-21(25)23-18-10-11-19-20(15-18)26-14-13-24(19)4/h5-12,15H,13-14H2,1-4H3,(H,23,25). The summed E-state index contributed by atoms with van der Waals surface area (Å²) in [4.78, 5) is 14.3. The molecule has 0 spiro atoms. The molecule has 0 bridgehead atoms. The van der Waals surface area contributed by atoms with Gasteiger partial charge in [0.25, 0.3) is 0 Å². The van der Waals surface area contributed by atoms with E-state index in [1.54, 1.807) is 6.08 Å². The molecular formula is C22H26N2O2. The summed E-state index contributed by atoms with van der Waals surface area (Å²) in [6, 6.07) is 14.0. The number of anilines is 2. The van der Waals surface area contributed by atoms with Crippen molar-refractivity contribution in [3.8, 4) is 5.75 Å². The van der Waals surface area contributed by atoms with Gasteiger partial charge in [0.1, 0.15) is 12.4 Å². The van der Waals surface area contributed by atoms with Crippen molar-refractivity contribution >= 4 is 23.4 Å². The first-order valence-corrected chi connectivity index (χ1v) is 8.90. The Morgan fingerprint density at radius 2 is 1.88 bits per heavy atom. The molecule has 0 atom stereocenters. The van der Waals surface area contributed by atoms with Crippen molar-refractivity contribution in [2.75, 3.05) is 30.4 Å². The van der Waals surface area contributed by atoms with Crippen molar-refractivity contribution in [3.63, 3.8) is 0 Å². The summed E-state index contributed by atoms with van der Waals surface area (Å²) in [6.07, 6.45) is 3.38. The number of rotatable bonds is 3. The maximum Gasteiger partial charge on any atom is 0.248 e. The molecule has 4 nitrogen and oxygen atoms in total. The number of nitrogens with one attached hydrogen (secondary N) is 1. The maximum atomic E-state index is 12.2. The highest BCUT2D eigenvalue weighted by molar-refractivity contribution is 6.02. The predicted octanol–water partition coefficient (Wildman–Crippen LogP) is 4.46. The molecule has 3 rings (SSSR count). The van der Waals surface area contributed by atoms with E-state index in [2.05, 4.69) is 43.1 Å². The molecule has 4 heteroatoms. The number of likely N-dealkylation sites (N-methyl/N-ethyl adjacent to an activating group) is 1. The Balaban J connectivity index is 1.64. The number of amides is 1. The van der Waals surface area contributed by atoms with Gasteiger partial charge in [0.15, 0.2) is 0 Å². The number of carbonyl (C=O) groups excluding carboxylic acids is 1. The van der Waals surface area contributed by atoms with Crippen LogP contribution in [0.15, 0.2) is 48.5 Å². The highest BCUT2D eigenvalue weighted by atomic mass is 16.5. The second-order valence-corrected chi connectivity index (χ2v) is 7.65. The van der Waals surface area contributed by atoms with Gasteiger partial charge in [-0.15, -0.1) is 0 Å². The smallest absolute Gasteiger partial charge is 0.248 e. The lowest BCUT2D eigenvalue weighted by Gasteiger charge is -2.27. The molecule has 1 N–H and O–H groups in total. The number of benzene rings is 2. The van der Waals surface area contributed by atoms with Crippen LogP contribution >= 0.6 is 0 Å². The monoisotopic (exact) mass is 350 g/mol. The minimum Gasteiger partial charge on any atom is -0.489 e. The fraction of sp³-hybridized carbons (Fsp3) is 0.318. The lowest BCUT2D eigenvalue weighted by molar-refractivity contribution is -0.111. The van der Waals surface area contributed by atoms with Crippen LogP contribution in [0.25, 0.3) is 6.08 Å². The van der Waals surface area contributed by atoms with Crippen LogP contribution in [-0.4, -0.2) is 26.1 Å². The van der Waals surface area contributed by atoms with Crippen LogP contribution in [0, 0.1) is 0 Å². The minimum atomic E-state index is -0.158. The van der Waals surface area contributed by atoms with Gasteiger partial charge in [0, 0.05) is 24.9 Å². The quantitative estimate of drug-likeness (QED) is 0.831. The van der Waals surface area contributed by atoms with E-state index in [1.807, 2.05) is 43.5 Å². The summed E-state index contributed by atoms with van der Waals surface area (Å²) in [6.45, 7) is 8.09. The molecule has 1 aliphatic heterocycles. The van der Waals surface area contributed by atoms with Crippen molar-refractivity contribution in [1.29, 1.82) is 0 Å². The number of nitrogens with zero attached hydrogens (tertiary/aromatic N) is 1. The zero-order valence-electron chi connectivity index (χ0n) is 15.9. The fourth-order valence-corrected chi connectivity index (χ4v) is 2.89. The Hall–Kier alpha value is -2.75. The highest BCUT2D eigenvalue weighted by Gasteiger charge is 2.15. The Labute approximate surface area is 155 Å². The van der Waals surface area contributed by atoms with E-state index in [0.29, 0.717) is 6.61 Å². The third kappa shape index (κ3) is 4.26. The lowest BCUT2D eigenvalue weighted by Crippen LogP contribution is -2.28. The van der Waals surface area contributed by atoms with E-state index in [1.165, 1.54) is 5.56 Å².